The highest BCUT2D eigenvalue weighted by Crippen LogP contribution is 2.21. The Morgan fingerprint density at radius 2 is 1.89 bits per heavy atom. The van der Waals surface area contributed by atoms with Crippen molar-refractivity contribution in [2.75, 3.05) is 0 Å². The number of halogens is 1. The van der Waals surface area contributed by atoms with Crippen molar-refractivity contribution in [2.45, 2.75) is 19.4 Å². The molecule has 0 atom stereocenters. The highest BCUT2D eigenvalue weighted by Gasteiger charge is 2.23. The van der Waals surface area contributed by atoms with Crippen molar-refractivity contribution >= 4 is 17.2 Å². The third kappa shape index (κ3) is 2.76. The normalized spacial score (nSPS) is 11.3. The maximum atomic E-state index is 12.9. The van der Waals surface area contributed by atoms with Crippen LogP contribution in [0, 0.1) is 5.82 Å². The molecule has 1 heterocycles. The standard InChI is InChI=1S/C14H14FNOS/c1-14(2,10-5-7-11(15)8-6-10)16-13(17)12-4-3-9-18-12/h3-9H,1-2H3,(H,16,17). The predicted octanol–water partition coefficient (Wildman–Crippen LogP) is 3.55. The lowest BCUT2D eigenvalue weighted by Crippen LogP contribution is -2.40. The molecule has 4 heteroatoms. The summed E-state index contributed by atoms with van der Waals surface area (Å²) in [7, 11) is 0. The molecule has 1 aromatic heterocycles. The third-order valence-corrected chi connectivity index (χ3v) is 3.61. The molecule has 0 saturated carbocycles. The van der Waals surface area contributed by atoms with E-state index in [0.29, 0.717) is 4.88 Å². The van der Waals surface area contributed by atoms with E-state index < -0.39 is 5.54 Å². The second-order valence-electron chi connectivity index (χ2n) is 4.56. The molecule has 1 N–H and O–H groups in total. The van der Waals surface area contributed by atoms with Crippen molar-refractivity contribution < 1.29 is 9.18 Å². The van der Waals surface area contributed by atoms with E-state index in [1.165, 1.54) is 23.5 Å². The molecule has 0 bridgehead atoms. The Labute approximate surface area is 109 Å². The van der Waals surface area contributed by atoms with Crippen LogP contribution in [0.1, 0.15) is 29.1 Å². The maximum absolute atomic E-state index is 12.9. The predicted molar refractivity (Wildman–Crippen MR) is 71.2 cm³/mol. The minimum atomic E-state index is -0.533. The van der Waals surface area contributed by atoms with Crippen LogP contribution in [0.3, 0.4) is 0 Å². The quantitative estimate of drug-likeness (QED) is 0.901. The Balaban J connectivity index is 2.16. The fraction of sp³-hybridized carbons (Fsp3) is 0.214. The average molecular weight is 263 g/mol. The van der Waals surface area contributed by atoms with Gasteiger partial charge in [0.05, 0.1) is 10.4 Å². The molecule has 0 aliphatic rings. The van der Waals surface area contributed by atoms with Crippen molar-refractivity contribution in [3.8, 4) is 0 Å². The smallest absolute Gasteiger partial charge is 0.262 e. The number of rotatable bonds is 3. The Morgan fingerprint density at radius 1 is 1.22 bits per heavy atom. The molecule has 2 nitrogen and oxygen atoms in total. The van der Waals surface area contributed by atoms with Gasteiger partial charge in [-0.15, -0.1) is 11.3 Å². The summed E-state index contributed by atoms with van der Waals surface area (Å²) in [5.41, 5.74) is 0.336. The summed E-state index contributed by atoms with van der Waals surface area (Å²) in [4.78, 5) is 12.7. The molecule has 1 aromatic carbocycles. The summed E-state index contributed by atoms with van der Waals surface area (Å²) in [6, 6.07) is 9.78. The van der Waals surface area contributed by atoms with Crippen LogP contribution in [0.25, 0.3) is 0 Å². The van der Waals surface area contributed by atoms with Gasteiger partial charge < -0.3 is 5.32 Å². The molecule has 18 heavy (non-hydrogen) atoms. The maximum Gasteiger partial charge on any atom is 0.262 e. The van der Waals surface area contributed by atoms with Crippen LogP contribution in [0.15, 0.2) is 41.8 Å². The third-order valence-electron chi connectivity index (χ3n) is 2.74. The van der Waals surface area contributed by atoms with Crippen LogP contribution in [-0.4, -0.2) is 5.91 Å². The lowest BCUT2D eigenvalue weighted by Gasteiger charge is -2.26. The second-order valence-corrected chi connectivity index (χ2v) is 5.51. The van der Waals surface area contributed by atoms with E-state index in [1.807, 2.05) is 25.3 Å². The summed E-state index contributed by atoms with van der Waals surface area (Å²) in [5.74, 6) is -0.390. The van der Waals surface area contributed by atoms with E-state index in [2.05, 4.69) is 5.32 Å². The average Bonchev–Trinajstić information content (AvgIpc) is 2.82. The SMILES string of the molecule is CC(C)(NC(=O)c1cccs1)c1ccc(F)cc1. The van der Waals surface area contributed by atoms with Crippen LogP contribution < -0.4 is 5.32 Å². The van der Waals surface area contributed by atoms with Gasteiger partial charge in [-0.3, -0.25) is 4.79 Å². The van der Waals surface area contributed by atoms with Crippen LogP contribution in [0.4, 0.5) is 4.39 Å². The largest absolute Gasteiger partial charge is 0.342 e. The second kappa shape index (κ2) is 4.90. The van der Waals surface area contributed by atoms with Crippen LogP contribution in [0.2, 0.25) is 0 Å². The zero-order chi connectivity index (χ0) is 13.2. The van der Waals surface area contributed by atoms with E-state index in [1.54, 1.807) is 18.2 Å². The molecule has 0 spiro atoms. The summed E-state index contributed by atoms with van der Waals surface area (Å²) in [6.07, 6.45) is 0. The van der Waals surface area contributed by atoms with Gasteiger partial charge in [-0.05, 0) is 43.0 Å². The van der Waals surface area contributed by atoms with Crippen molar-refractivity contribution in [3.63, 3.8) is 0 Å². The molecule has 0 fully saturated rings. The molecule has 2 aromatic rings. The number of hydrogen-bond donors (Lipinski definition) is 1. The Bertz CT molecular complexity index is 531. The first-order valence-electron chi connectivity index (χ1n) is 5.61. The van der Waals surface area contributed by atoms with E-state index in [9.17, 15) is 9.18 Å². The van der Waals surface area contributed by atoms with Crippen molar-refractivity contribution in [3.05, 3.63) is 58.0 Å². The lowest BCUT2D eigenvalue weighted by atomic mass is 9.94. The fourth-order valence-corrected chi connectivity index (χ4v) is 2.31. The molecule has 0 aliphatic carbocycles. The monoisotopic (exact) mass is 263 g/mol. The summed E-state index contributed by atoms with van der Waals surface area (Å²) in [6.45, 7) is 3.79. The molecule has 0 aliphatic heterocycles. The number of carbonyl (C=O) groups excluding carboxylic acids is 1. The lowest BCUT2D eigenvalue weighted by molar-refractivity contribution is 0.0916. The van der Waals surface area contributed by atoms with E-state index in [4.69, 9.17) is 0 Å². The molecule has 94 valence electrons. The van der Waals surface area contributed by atoms with Crippen LogP contribution in [0.5, 0.6) is 0 Å². The van der Waals surface area contributed by atoms with Crippen molar-refractivity contribution in [2.24, 2.45) is 0 Å². The summed E-state index contributed by atoms with van der Waals surface area (Å²) < 4.78 is 12.9. The first-order chi connectivity index (χ1) is 8.49. The van der Waals surface area contributed by atoms with Crippen LogP contribution in [-0.2, 0) is 5.54 Å². The summed E-state index contributed by atoms with van der Waals surface area (Å²) >= 11 is 1.40. The van der Waals surface area contributed by atoms with Gasteiger partial charge in [0.1, 0.15) is 5.82 Å². The number of benzene rings is 1. The molecular weight excluding hydrogens is 249 g/mol. The topological polar surface area (TPSA) is 29.1 Å². The number of thiophene rings is 1. The zero-order valence-electron chi connectivity index (χ0n) is 10.2. The van der Waals surface area contributed by atoms with Gasteiger partial charge in [0.25, 0.3) is 5.91 Å². The Hall–Kier alpha value is -1.68. The minimum Gasteiger partial charge on any atom is -0.342 e. The molecular formula is C14H14FNOS. The molecule has 0 saturated heterocycles. The number of carbonyl (C=O) groups is 1. The fourth-order valence-electron chi connectivity index (χ4n) is 1.69. The first kappa shape index (κ1) is 12.8. The van der Waals surface area contributed by atoms with Gasteiger partial charge in [0.2, 0.25) is 0 Å². The zero-order valence-corrected chi connectivity index (χ0v) is 11.1. The summed E-state index contributed by atoms with van der Waals surface area (Å²) in [5, 5.41) is 4.80. The van der Waals surface area contributed by atoms with Crippen molar-refractivity contribution in [1.82, 2.24) is 5.32 Å². The van der Waals surface area contributed by atoms with Gasteiger partial charge in [-0.1, -0.05) is 18.2 Å². The first-order valence-corrected chi connectivity index (χ1v) is 6.49. The van der Waals surface area contributed by atoms with Gasteiger partial charge in [0.15, 0.2) is 0 Å². The highest BCUT2D eigenvalue weighted by molar-refractivity contribution is 7.12. The van der Waals surface area contributed by atoms with E-state index >= 15 is 0 Å². The Morgan fingerprint density at radius 3 is 2.44 bits per heavy atom. The van der Waals surface area contributed by atoms with E-state index in [-0.39, 0.29) is 11.7 Å². The minimum absolute atomic E-state index is 0.112. The molecule has 0 radical (unpaired) electrons. The number of nitrogens with one attached hydrogen (secondary N) is 1. The number of amides is 1. The number of hydrogen-bond acceptors (Lipinski definition) is 2. The van der Waals surface area contributed by atoms with E-state index in [0.717, 1.165) is 5.56 Å². The highest BCUT2D eigenvalue weighted by atomic mass is 32.1. The molecule has 0 unspecified atom stereocenters. The van der Waals surface area contributed by atoms with Gasteiger partial charge in [-0.2, -0.15) is 0 Å². The van der Waals surface area contributed by atoms with Crippen molar-refractivity contribution in [1.29, 1.82) is 0 Å². The van der Waals surface area contributed by atoms with Crippen LogP contribution >= 0.6 is 11.3 Å². The molecule has 1 amide bonds. The molecule has 2 rings (SSSR count). The Kier molecular flexibility index (Phi) is 3.48. The van der Waals surface area contributed by atoms with Gasteiger partial charge >= 0.3 is 0 Å². The van der Waals surface area contributed by atoms with Gasteiger partial charge in [0, 0.05) is 0 Å². The van der Waals surface area contributed by atoms with Gasteiger partial charge in [-0.25, -0.2) is 4.39 Å².